The molecule has 0 radical (unpaired) electrons. The van der Waals surface area contributed by atoms with Gasteiger partial charge in [0.1, 0.15) is 0 Å². The zero-order valence-corrected chi connectivity index (χ0v) is 27.4. The molecule has 2 heterocycles. The molecule has 0 atom stereocenters. The highest BCUT2D eigenvalue weighted by molar-refractivity contribution is 7.25. The molecule has 8 aromatic carbocycles. The molecule has 230 valence electrons. The van der Waals surface area contributed by atoms with Crippen LogP contribution in [0.15, 0.2) is 182 Å². The van der Waals surface area contributed by atoms with Gasteiger partial charge in [-0.25, -0.2) is 0 Å². The van der Waals surface area contributed by atoms with Gasteiger partial charge in [0.15, 0.2) is 0 Å². The Balaban J connectivity index is 1.14. The van der Waals surface area contributed by atoms with Crippen molar-refractivity contribution in [2.24, 2.45) is 0 Å². The molecular weight excluding hydrogens is 613 g/mol. The van der Waals surface area contributed by atoms with E-state index in [0.29, 0.717) is 0 Å². The Morgan fingerprint density at radius 1 is 0.388 bits per heavy atom. The van der Waals surface area contributed by atoms with Crippen molar-refractivity contribution in [1.29, 1.82) is 0 Å². The lowest BCUT2D eigenvalue weighted by atomic mass is 10.0. The van der Waals surface area contributed by atoms with Gasteiger partial charge in [-0.2, -0.15) is 0 Å². The van der Waals surface area contributed by atoms with Gasteiger partial charge in [0, 0.05) is 59.1 Å². The van der Waals surface area contributed by atoms with Gasteiger partial charge in [0.05, 0.1) is 11.0 Å². The summed E-state index contributed by atoms with van der Waals surface area (Å²) in [6, 6.07) is 66.2. The van der Waals surface area contributed by atoms with Crippen LogP contribution in [-0.2, 0) is 0 Å². The summed E-state index contributed by atoms with van der Waals surface area (Å²) in [6.45, 7) is 0. The molecule has 10 aromatic rings. The highest BCUT2D eigenvalue weighted by Crippen LogP contribution is 2.42. The van der Waals surface area contributed by atoms with E-state index in [1.807, 2.05) is 11.3 Å². The van der Waals surface area contributed by atoms with Crippen molar-refractivity contribution in [2.75, 3.05) is 4.90 Å². The second-order valence-electron chi connectivity index (χ2n) is 12.6. The van der Waals surface area contributed by atoms with Crippen LogP contribution in [0.3, 0.4) is 0 Å². The average Bonchev–Trinajstić information content (AvgIpc) is 3.72. The van der Waals surface area contributed by atoms with Gasteiger partial charge < -0.3 is 9.47 Å². The highest BCUT2D eigenvalue weighted by atomic mass is 32.1. The largest absolute Gasteiger partial charge is 0.310 e. The first-order valence-corrected chi connectivity index (χ1v) is 17.5. The second-order valence-corrected chi connectivity index (χ2v) is 13.7. The third-order valence-electron chi connectivity index (χ3n) is 9.76. The summed E-state index contributed by atoms with van der Waals surface area (Å²) in [5.74, 6) is 0. The monoisotopic (exact) mass is 642 g/mol. The Bertz CT molecular complexity index is 2810. The number of para-hydroxylation sites is 3. The van der Waals surface area contributed by atoms with Gasteiger partial charge in [-0.3, -0.25) is 0 Å². The summed E-state index contributed by atoms with van der Waals surface area (Å²) >= 11 is 1.86. The number of thiophene rings is 1. The minimum atomic E-state index is 1.12. The Hall–Kier alpha value is -6.16. The molecule has 0 N–H and O–H groups in total. The number of benzene rings is 8. The third-order valence-corrected chi connectivity index (χ3v) is 10.9. The minimum absolute atomic E-state index is 1.12. The van der Waals surface area contributed by atoms with Crippen LogP contribution in [0.4, 0.5) is 17.1 Å². The molecule has 2 aromatic heterocycles. The van der Waals surface area contributed by atoms with Gasteiger partial charge >= 0.3 is 0 Å². The van der Waals surface area contributed by atoms with Gasteiger partial charge in [-0.1, -0.05) is 109 Å². The van der Waals surface area contributed by atoms with Crippen molar-refractivity contribution in [1.82, 2.24) is 4.57 Å². The molecule has 0 saturated heterocycles. The molecule has 0 unspecified atom stereocenters. The topological polar surface area (TPSA) is 8.17 Å². The molecule has 0 amide bonds. The van der Waals surface area contributed by atoms with Gasteiger partial charge in [-0.05, 0) is 89.3 Å². The Morgan fingerprint density at radius 2 is 1.02 bits per heavy atom. The van der Waals surface area contributed by atoms with E-state index in [9.17, 15) is 0 Å². The van der Waals surface area contributed by atoms with E-state index in [2.05, 4.69) is 191 Å². The zero-order valence-electron chi connectivity index (χ0n) is 26.6. The van der Waals surface area contributed by atoms with Crippen molar-refractivity contribution < 1.29 is 0 Å². The summed E-state index contributed by atoms with van der Waals surface area (Å²) in [4.78, 5) is 2.37. The summed E-state index contributed by atoms with van der Waals surface area (Å²) in [7, 11) is 0. The van der Waals surface area contributed by atoms with Crippen LogP contribution in [0.1, 0.15) is 0 Å². The number of hydrogen-bond acceptors (Lipinski definition) is 2. The molecule has 0 aliphatic rings. The van der Waals surface area contributed by atoms with E-state index >= 15 is 0 Å². The zero-order chi connectivity index (χ0) is 32.3. The SMILES string of the molecule is c1ccc(N(c2ccc(-c3ccc4sc5ccccc5c4c3)cc2)c2ccc3ccc4c5ccccc5n(-c5ccccc5)c4c3c2)cc1. The predicted octanol–water partition coefficient (Wildman–Crippen LogP) is 13.4. The van der Waals surface area contributed by atoms with Crippen molar-refractivity contribution in [3.8, 4) is 16.8 Å². The minimum Gasteiger partial charge on any atom is -0.310 e. The third kappa shape index (κ3) is 4.55. The number of aromatic nitrogens is 1. The van der Waals surface area contributed by atoms with Crippen LogP contribution in [0.5, 0.6) is 0 Å². The summed E-state index contributed by atoms with van der Waals surface area (Å²) in [5.41, 5.74) is 9.41. The fraction of sp³-hybridized carbons (Fsp3) is 0. The van der Waals surface area contributed by atoms with Crippen molar-refractivity contribution in [3.05, 3.63) is 182 Å². The van der Waals surface area contributed by atoms with E-state index in [4.69, 9.17) is 0 Å². The fourth-order valence-electron chi connectivity index (χ4n) is 7.48. The van der Waals surface area contributed by atoms with Gasteiger partial charge in [0.2, 0.25) is 0 Å². The average molecular weight is 643 g/mol. The predicted molar refractivity (Wildman–Crippen MR) is 211 cm³/mol. The molecule has 0 bridgehead atoms. The summed E-state index contributed by atoms with van der Waals surface area (Å²) in [6.07, 6.45) is 0. The van der Waals surface area contributed by atoms with E-state index in [-0.39, 0.29) is 0 Å². The molecule has 2 nitrogen and oxygen atoms in total. The number of rotatable bonds is 5. The molecule has 0 spiro atoms. The smallest absolute Gasteiger partial charge is 0.0620 e. The molecular formula is C46H30N2S. The van der Waals surface area contributed by atoms with Crippen LogP contribution >= 0.6 is 11.3 Å². The number of nitrogens with zero attached hydrogens (tertiary/aromatic N) is 2. The normalized spacial score (nSPS) is 11.7. The maximum absolute atomic E-state index is 2.42. The summed E-state index contributed by atoms with van der Waals surface area (Å²) in [5, 5.41) is 7.61. The Kier molecular flexibility index (Phi) is 6.39. The maximum atomic E-state index is 2.42. The van der Waals surface area contributed by atoms with Crippen molar-refractivity contribution in [2.45, 2.75) is 0 Å². The molecule has 10 rings (SSSR count). The molecule has 0 aliphatic carbocycles. The van der Waals surface area contributed by atoms with Crippen LogP contribution in [0.25, 0.3) is 69.6 Å². The van der Waals surface area contributed by atoms with Gasteiger partial charge in [-0.15, -0.1) is 11.3 Å². The van der Waals surface area contributed by atoms with Crippen LogP contribution < -0.4 is 4.90 Å². The van der Waals surface area contributed by atoms with E-state index in [1.54, 1.807) is 0 Å². The van der Waals surface area contributed by atoms with Gasteiger partial charge in [0.25, 0.3) is 0 Å². The van der Waals surface area contributed by atoms with Crippen LogP contribution in [0.2, 0.25) is 0 Å². The maximum Gasteiger partial charge on any atom is 0.0620 e. The fourth-order valence-corrected chi connectivity index (χ4v) is 8.57. The Labute approximate surface area is 288 Å². The van der Waals surface area contributed by atoms with E-state index in [0.717, 1.165) is 22.7 Å². The van der Waals surface area contributed by atoms with E-state index < -0.39 is 0 Å². The number of hydrogen-bond donors (Lipinski definition) is 0. The van der Waals surface area contributed by atoms with E-state index in [1.165, 1.54) is 63.9 Å². The standard InChI is InChI=1S/C46H30N2S/c1-3-11-34(12-4-1)47(36-24-19-31(20-25-36)33-23-28-45-42(29-33)39-16-8-10-18-44(39)49-45)37-26-21-32-22-27-40-38-15-7-9-17-43(38)48(46(40)41(32)30-37)35-13-5-2-6-14-35/h1-30H. The lowest BCUT2D eigenvalue weighted by Crippen LogP contribution is -2.09. The molecule has 49 heavy (non-hydrogen) atoms. The Morgan fingerprint density at radius 3 is 1.86 bits per heavy atom. The van der Waals surface area contributed by atoms with Crippen LogP contribution in [-0.4, -0.2) is 4.57 Å². The first-order chi connectivity index (χ1) is 24.3. The van der Waals surface area contributed by atoms with Crippen molar-refractivity contribution >= 4 is 81.1 Å². The number of anilines is 3. The lowest BCUT2D eigenvalue weighted by molar-refractivity contribution is 1.19. The molecule has 3 heteroatoms. The summed E-state index contributed by atoms with van der Waals surface area (Å²) < 4.78 is 5.08. The molecule has 0 saturated carbocycles. The number of fused-ring (bicyclic) bond motifs is 8. The first kappa shape index (κ1) is 27.9. The highest BCUT2D eigenvalue weighted by Gasteiger charge is 2.18. The van der Waals surface area contributed by atoms with Crippen LogP contribution in [0, 0.1) is 0 Å². The molecule has 0 aliphatic heterocycles. The lowest BCUT2D eigenvalue weighted by Gasteiger charge is -2.26. The second kappa shape index (κ2) is 11.2. The molecule has 0 fully saturated rings. The quantitative estimate of drug-likeness (QED) is 0.181. The first-order valence-electron chi connectivity index (χ1n) is 16.7. The van der Waals surface area contributed by atoms with Crippen molar-refractivity contribution in [3.63, 3.8) is 0 Å².